The van der Waals surface area contributed by atoms with Crippen LogP contribution in [-0.4, -0.2) is 24.8 Å². The Bertz CT molecular complexity index is 297. The third-order valence-corrected chi connectivity index (χ3v) is 3.59. The van der Waals surface area contributed by atoms with Crippen LogP contribution in [0.2, 0.25) is 0 Å². The predicted molar refractivity (Wildman–Crippen MR) is 65.1 cm³/mol. The van der Waals surface area contributed by atoms with E-state index in [9.17, 15) is 4.79 Å². The van der Waals surface area contributed by atoms with E-state index in [0.717, 1.165) is 25.8 Å². The summed E-state index contributed by atoms with van der Waals surface area (Å²) >= 11 is 1.76. The Morgan fingerprint density at radius 2 is 2.33 bits per heavy atom. The molecule has 0 fully saturated rings. The first-order valence-corrected chi connectivity index (χ1v) is 6.15. The second-order valence-electron chi connectivity index (χ2n) is 4.38. The van der Waals surface area contributed by atoms with Crippen LogP contribution in [0.1, 0.15) is 25.1 Å². The van der Waals surface area contributed by atoms with E-state index in [1.54, 1.807) is 11.3 Å². The first-order valence-electron chi connectivity index (χ1n) is 5.27. The van der Waals surface area contributed by atoms with Gasteiger partial charge in [0.25, 0.3) is 0 Å². The van der Waals surface area contributed by atoms with Gasteiger partial charge in [-0.15, -0.1) is 11.3 Å². The molecule has 1 unspecified atom stereocenters. The van der Waals surface area contributed by atoms with Crippen molar-refractivity contribution in [2.45, 2.75) is 26.8 Å². The van der Waals surface area contributed by atoms with Gasteiger partial charge >= 0.3 is 0 Å². The standard InChI is InChI=1S/C12H19NOS/c1-4-12(2,10-14)9-13(3)8-11-6-5-7-15-11/h5-7,10H,4,8-9H2,1-3H3. The van der Waals surface area contributed by atoms with Crippen LogP contribution in [-0.2, 0) is 11.3 Å². The van der Waals surface area contributed by atoms with Crippen LogP contribution >= 0.6 is 11.3 Å². The molecule has 1 aromatic rings. The van der Waals surface area contributed by atoms with Crippen LogP contribution in [0.3, 0.4) is 0 Å². The number of carbonyl (C=O) groups excluding carboxylic acids is 1. The lowest BCUT2D eigenvalue weighted by Crippen LogP contribution is -2.33. The second kappa shape index (κ2) is 5.42. The Morgan fingerprint density at radius 1 is 1.60 bits per heavy atom. The Hall–Kier alpha value is -0.670. The van der Waals surface area contributed by atoms with Gasteiger partial charge in [0.1, 0.15) is 6.29 Å². The molecule has 0 amide bonds. The minimum atomic E-state index is -0.202. The summed E-state index contributed by atoms with van der Waals surface area (Å²) in [4.78, 5) is 14.5. The maximum absolute atomic E-state index is 11.0. The number of carbonyl (C=O) groups is 1. The maximum atomic E-state index is 11.0. The van der Waals surface area contributed by atoms with Gasteiger partial charge in [-0.05, 0) is 24.9 Å². The largest absolute Gasteiger partial charge is 0.303 e. The van der Waals surface area contributed by atoms with E-state index >= 15 is 0 Å². The normalized spacial score (nSPS) is 15.2. The fourth-order valence-corrected chi connectivity index (χ4v) is 2.36. The Labute approximate surface area is 95.9 Å². The minimum absolute atomic E-state index is 0.202. The van der Waals surface area contributed by atoms with Crippen molar-refractivity contribution in [3.05, 3.63) is 22.4 Å². The summed E-state index contributed by atoms with van der Waals surface area (Å²) in [6.07, 6.45) is 1.98. The Balaban J connectivity index is 2.48. The lowest BCUT2D eigenvalue weighted by Gasteiger charge is -2.27. The van der Waals surface area contributed by atoms with Crippen molar-refractivity contribution < 1.29 is 4.79 Å². The Morgan fingerprint density at radius 3 is 2.80 bits per heavy atom. The van der Waals surface area contributed by atoms with Gasteiger partial charge in [-0.25, -0.2) is 0 Å². The van der Waals surface area contributed by atoms with Crippen LogP contribution in [0, 0.1) is 5.41 Å². The fourth-order valence-electron chi connectivity index (χ4n) is 1.57. The molecule has 0 saturated heterocycles. The first-order chi connectivity index (χ1) is 7.09. The molecule has 1 heterocycles. The first kappa shape index (κ1) is 12.4. The SMILES string of the molecule is CCC(C)(C=O)CN(C)Cc1cccs1. The van der Waals surface area contributed by atoms with E-state index < -0.39 is 0 Å². The second-order valence-corrected chi connectivity index (χ2v) is 5.41. The summed E-state index contributed by atoms with van der Waals surface area (Å²) in [5, 5.41) is 2.09. The van der Waals surface area contributed by atoms with E-state index in [1.807, 2.05) is 6.92 Å². The van der Waals surface area contributed by atoms with Crippen molar-refractivity contribution in [1.29, 1.82) is 0 Å². The van der Waals surface area contributed by atoms with Gasteiger partial charge in [-0.2, -0.15) is 0 Å². The molecule has 0 bridgehead atoms. The zero-order valence-electron chi connectivity index (χ0n) is 9.69. The molecule has 2 nitrogen and oxygen atoms in total. The minimum Gasteiger partial charge on any atom is -0.303 e. The number of rotatable bonds is 6. The molecule has 0 aromatic carbocycles. The van der Waals surface area contributed by atoms with Crippen LogP contribution in [0.25, 0.3) is 0 Å². The summed E-state index contributed by atoms with van der Waals surface area (Å²) in [5.74, 6) is 0. The van der Waals surface area contributed by atoms with Gasteiger partial charge in [0.15, 0.2) is 0 Å². The molecule has 3 heteroatoms. The molecule has 0 spiro atoms. The van der Waals surface area contributed by atoms with Gasteiger partial charge in [-0.3, -0.25) is 0 Å². The molecule has 0 saturated carbocycles. The highest BCUT2D eigenvalue weighted by molar-refractivity contribution is 7.09. The van der Waals surface area contributed by atoms with Gasteiger partial charge < -0.3 is 9.69 Å². The fraction of sp³-hybridized carbons (Fsp3) is 0.583. The van der Waals surface area contributed by atoms with Gasteiger partial charge in [-0.1, -0.05) is 19.9 Å². The van der Waals surface area contributed by atoms with Crippen molar-refractivity contribution in [3.8, 4) is 0 Å². The summed E-state index contributed by atoms with van der Waals surface area (Å²) in [7, 11) is 2.07. The Kier molecular flexibility index (Phi) is 4.48. The van der Waals surface area contributed by atoms with Gasteiger partial charge in [0, 0.05) is 23.4 Å². The van der Waals surface area contributed by atoms with Crippen LogP contribution in [0.15, 0.2) is 17.5 Å². The van der Waals surface area contributed by atoms with Crippen molar-refractivity contribution in [2.24, 2.45) is 5.41 Å². The number of thiophene rings is 1. The lowest BCUT2D eigenvalue weighted by atomic mass is 9.89. The molecule has 1 rings (SSSR count). The molecule has 0 aliphatic rings. The molecular weight excluding hydrogens is 206 g/mol. The van der Waals surface area contributed by atoms with Crippen LogP contribution < -0.4 is 0 Å². The number of hydrogen-bond donors (Lipinski definition) is 0. The van der Waals surface area contributed by atoms with E-state index in [1.165, 1.54) is 4.88 Å². The third kappa shape index (κ3) is 3.76. The number of hydrogen-bond acceptors (Lipinski definition) is 3. The summed E-state index contributed by atoms with van der Waals surface area (Å²) in [6.45, 7) is 5.84. The third-order valence-electron chi connectivity index (χ3n) is 2.73. The average molecular weight is 225 g/mol. The molecule has 15 heavy (non-hydrogen) atoms. The average Bonchev–Trinajstić information content (AvgIpc) is 2.70. The topological polar surface area (TPSA) is 20.3 Å². The predicted octanol–water partition coefficient (Wildman–Crippen LogP) is 2.80. The van der Waals surface area contributed by atoms with Crippen molar-refractivity contribution >= 4 is 17.6 Å². The molecule has 1 atom stereocenters. The van der Waals surface area contributed by atoms with E-state index in [2.05, 4.69) is 36.4 Å². The maximum Gasteiger partial charge on any atom is 0.127 e. The zero-order valence-corrected chi connectivity index (χ0v) is 10.5. The molecule has 0 aliphatic heterocycles. The van der Waals surface area contributed by atoms with Crippen molar-refractivity contribution in [2.75, 3.05) is 13.6 Å². The smallest absolute Gasteiger partial charge is 0.127 e. The van der Waals surface area contributed by atoms with Gasteiger partial charge in [0.2, 0.25) is 0 Å². The highest BCUT2D eigenvalue weighted by Crippen LogP contribution is 2.20. The molecular formula is C12H19NOS. The molecule has 0 radical (unpaired) electrons. The number of aldehydes is 1. The molecule has 0 N–H and O–H groups in total. The number of nitrogens with zero attached hydrogens (tertiary/aromatic N) is 1. The van der Waals surface area contributed by atoms with E-state index in [4.69, 9.17) is 0 Å². The quantitative estimate of drug-likeness (QED) is 0.694. The molecule has 1 aromatic heterocycles. The summed E-state index contributed by atoms with van der Waals surface area (Å²) in [6, 6.07) is 4.19. The summed E-state index contributed by atoms with van der Waals surface area (Å²) in [5.41, 5.74) is -0.202. The van der Waals surface area contributed by atoms with Gasteiger partial charge in [0.05, 0.1) is 0 Å². The monoisotopic (exact) mass is 225 g/mol. The highest BCUT2D eigenvalue weighted by atomic mass is 32.1. The van der Waals surface area contributed by atoms with Crippen LogP contribution in [0.5, 0.6) is 0 Å². The van der Waals surface area contributed by atoms with E-state index in [-0.39, 0.29) is 5.41 Å². The van der Waals surface area contributed by atoms with Crippen molar-refractivity contribution in [1.82, 2.24) is 4.90 Å². The molecule has 84 valence electrons. The van der Waals surface area contributed by atoms with Crippen molar-refractivity contribution in [3.63, 3.8) is 0 Å². The lowest BCUT2D eigenvalue weighted by molar-refractivity contribution is -0.116. The molecule has 0 aliphatic carbocycles. The van der Waals surface area contributed by atoms with E-state index in [0.29, 0.717) is 0 Å². The summed E-state index contributed by atoms with van der Waals surface area (Å²) < 4.78 is 0. The zero-order chi connectivity index (χ0) is 11.3. The highest BCUT2D eigenvalue weighted by Gasteiger charge is 2.23. The van der Waals surface area contributed by atoms with Crippen LogP contribution in [0.4, 0.5) is 0 Å².